The molecule has 10 heteroatoms. The zero-order valence-electron chi connectivity index (χ0n) is 19.0. The van der Waals surface area contributed by atoms with Crippen molar-refractivity contribution in [1.82, 2.24) is 15.3 Å². The van der Waals surface area contributed by atoms with Crippen LogP contribution in [0.3, 0.4) is 0 Å². The summed E-state index contributed by atoms with van der Waals surface area (Å²) < 4.78 is 10.6. The molecule has 1 aromatic carbocycles. The van der Waals surface area contributed by atoms with Crippen LogP contribution in [-0.4, -0.2) is 74.8 Å². The third-order valence-electron chi connectivity index (χ3n) is 5.75. The van der Waals surface area contributed by atoms with Crippen molar-refractivity contribution < 1.29 is 19.1 Å². The Hall–Kier alpha value is -3.40. The summed E-state index contributed by atoms with van der Waals surface area (Å²) in [5.74, 6) is 2.40. The fourth-order valence-electron chi connectivity index (χ4n) is 4.03. The van der Waals surface area contributed by atoms with Gasteiger partial charge in [-0.15, -0.1) is 0 Å². The quantitative estimate of drug-likeness (QED) is 0.573. The Balaban J connectivity index is 1.26. The molecule has 1 aromatic heterocycles. The number of morpholine rings is 1. The summed E-state index contributed by atoms with van der Waals surface area (Å²) in [6.07, 6.45) is 0.199. The second-order valence-corrected chi connectivity index (χ2v) is 8.08. The van der Waals surface area contributed by atoms with Gasteiger partial charge in [-0.3, -0.25) is 9.59 Å². The van der Waals surface area contributed by atoms with Gasteiger partial charge in [0.15, 0.2) is 0 Å². The highest BCUT2D eigenvalue weighted by molar-refractivity contribution is 6.00. The van der Waals surface area contributed by atoms with E-state index in [-0.39, 0.29) is 24.2 Å². The molecule has 1 unspecified atom stereocenters. The highest BCUT2D eigenvalue weighted by atomic mass is 16.5. The fraction of sp³-hybridized carbons (Fsp3) is 0.478. The monoisotopic (exact) mass is 454 g/mol. The number of aromatic nitrogens is 2. The molecule has 1 atom stereocenters. The van der Waals surface area contributed by atoms with Crippen LogP contribution >= 0.6 is 0 Å². The largest absolute Gasteiger partial charge is 0.497 e. The van der Waals surface area contributed by atoms with Crippen LogP contribution in [-0.2, 0) is 14.3 Å². The third-order valence-corrected chi connectivity index (χ3v) is 5.75. The average Bonchev–Trinajstić information content (AvgIpc) is 3.23. The maximum atomic E-state index is 12.6. The fourth-order valence-corrected chi connectivity index (χ4v) is 4.03. The highest BCUT2D eigenvalue weighted by Gasteiger charge is 2.35. The smallest absolute Gasteiger partial charge is 0.227 e. The Labute approximate surface area is 193 Å². The van der Waals surface area contributed by atoms with Crippen LogP contribution in [0.15, 0.2) is 30.3 Å². The molecule has 4 rings (SSSR count). The van der Waals surface area contributed by atoms with Gasteiger partial charge in [0.05, 0.1) is 26.2 Å². The van der Waals surface area contributed by atoms with Crippen LogP contribution < -0.4 is 25.2 Å². The van der Waals surface area contributed by atoms with E-state index < -0.39 is 0 Å². The molecule has 2 saturated heterocycles. The normalized spacial score (nSPS) is 18.4. The molecule has 0 spiro atoms. The maximum Gasteiger partial charge on any atom is 0.227 e. The lowest BCUT2D eigenvalue weighted by Crippen LogP contribution is -2.37. The van der Waals surface area contributed by atoms with Crippen molar-refractivity contribution >= 4 is 29.1 Å². The van der Waals surface area contributed by atoms with E-state index >= 15 is 0 Å². The van der Waals surface area contributed by atoms with Crippen LogP contribution in [0.5, 0.6) is 5.75 Å². The van der Waals surface area contributed by atoms with Gasteiger partial charge in [0.1, 0.15) is 23.2 Å². The van der Waals surface area contributed by atoms with Gasteiger partial charge in [-0.1, -0.05) is 6.07 Å². The number of methoxy groups -OCH3 is 1. The van der Waals surface area contributed by atoms with Gasteiger partial charge < -0.3 is 29.9 Å². The number of aryl methyl sites for hydroxylation is 1. The molecule has 2 aromatic rings. The van der Waals surface area contributed by atoms with Crippen molar-refractivity contribution in [3.63, 3.8) is 0 Å². The van der Waals surface area contributed by atoms with Gasteiger partial charge in [-0.25, -0.2) is 9.97 Å². The van der Waals surface area contributed by atoms with E-state index in [1.54, 1.807) is 18.1 Å². The lowest BCUT2D eigenvalue weighted by Gasteiger charge is -2.28. The van der Waals surface area contributed by atoms with Gasteiger partial charge in [-0.2, -0.15) is 0 Å². The molecule has 2 aliphatic heterocycles. The molecular formula is C23H30N6O4. The second-order valence-electron chi connectivity index (χ2n) is 8.08. The summed E-state index contributed by atoms with van der Waals surface area (Å²) in [5, 5.41) is 6.18. The molecule has 176 valence electrons. The number of ether oxygens (including phenoxy) is 2. The van der Waals surface area contributed by atoms with Gasteiger partial charge in [0.2, 0.25) is 11.8 Å². The van der Waals surface area contributed by atoms with Gasteiger partial charge in [0.25, 0.3) is 0 Å². The molecule has 2 amide bonds. The number of rotatable bonds is 8. The maximum absolute atomic E-state index is 12.6. The van der Waals surface area contributed by atoms with Crippen LogP contribution in [0.4, 0.5) is 17.3 Å². The van der Waals surface area contributed by atoms with E-state index in [0.29, 0.717) is 44.4 Å². The van der Waals surface area contributed by atoms with E-state index in [2.05, 4.69) is 25.5 Å². The number of hydrogen-bond donors (Lipinski definition) is 2. The lowest BCUT2D eigenvalue weighted by molar-refractivity contribution is -0.126. The third kappa shape index (κ3) is 5.70. The standard InChI is InChI=1S/C23H30N6O4/c1-16-26-20(14-21(27-16)28-8-10-33-11-9-28)24-6-7-25-23(31)17-12-22(30)29(15-17)18-4-3-5-19(13-18)32-2/h3-5,13-14,17H,6-12,15H2,1-2H3,(H,25,31)(H,24,26,27). The van der Waals surface area contributed by atoms with Crippen molar-refractivity contribution in [1.29, 1.82) is 0 Å². The summed E-state index contributed by atoms with van der Waals surface area (Å²) in [7, 11) is 1.58. The first-order chi connectivity index (χ1) is 16.0. The molecule has 0 bridgehead atoms. The number of benzene rings is 1. The van der Waals surface area contributed by atoms with Gasteiger partial charge >= 0.3 is 0 Å². The zero-order valence-corrected chi connectivity index (χ0v) is 19.0. The molecule has 0 saturated carbocycles. The van der Waals surface area contributed by atoms with Gasteiger partial charge in [0, 0.05) is 57.0 Å². The molecular weight excluding hydrogens is 424 g/mol. The first kappa shape index (κ1) is 22.8. The van der Waals surface area contributed by atoms with Crippen molar-refractivity contribution in [2.24, 2.45) is 5.92 Å². The van der Waals surface area contributed by atoms with Crippen molar-refractivity contribution in [2.45, 2.75) is 13.3 Å². The number of carbonyl (C=O) groups excluding carboxylic acids is 2. The number of anilines is 3. The molecule has 0 radical (unpaired) electrons. The second kappa shape index (κ2) is 10.5. The summed E-state index contributed by atoms with van der Waals surface area (Å²) in [6, 6.07) is 9.22. The minimum atomic E-state index is -0.377. The molecule has 2 aliphatic rings. The number of nitrogens with one attached hydrogen (secondary N) is 2. The topological polar surface area (TPSA) is 109 Å². The summed E-state index contributed by atoms with van der Waals surface area (Å²) in [6.45, 7) is 6.16. The molecule has 10 nitrogen and oxygen atoms in total. The Bertz CT molecular complexity index is 995. The van der Waals surface area contributed by atoms with E-state index in [1.165, 1.54) is 0 Å². The molecule has 2 fully saturated rings. The average molecular weight is 455 g/mol. The van der Waals surface area contributed by atoms with Gasteiger partial charge in [-0.05, 0) is 19.1 Å². The van der Waals surface area contributed by atoms with Crippen molar-refractivity contribution in [2.75, 3.05) is 68.2 Å². The van der Waals surface area contributed by atoms with E-state index in [4.69, 9.17) is 9.47 Å². The minimum Gasteiger partial charge on any atom is -0.497 e. The van der Waals surface area contributed by atoms with Crippen molar-refractivity contribution in [3.8, 4) is 5.75 Å². The van der Waals surface area contributed by atoms with Crippen molar-refractivity contribution in [3.05, 3.63) is 36.2 Å². The number of hydrogen-bond acceptors (Lipinski definition) is 8. The molecule has 2 N–H and O–H groups in total. The molecule has 33 heavy (non-hydrogen) atoms. The predicted octanol–water partition coefficient (Wildman–Crippen LogP) is 1.21. The Morgan fingerprint density at radius 3 is 2.82 bits per heavy atom. The highest BCUT2D eigenvalue weighted by Crippen LogP contribution is 2.28. The Morgan fingerprint density at radius 2 is 2.03 bits per heavy atom. The minimum absolute atomic E-state index is 0.0615. The summed E-state index contributed by atoms with van der Waals surface area (Å²) in [4.78, 5) is 37.9. The Kier molecular flexibility index (Phi) is 7.23. The Morgan fingerprint density at radius 1 is 1.21 bits per heavy atom. The predicted molar refractivity (Wildman–Crippen MR) is 125 cm³/mol. The first-order valence-electron chi connectivity index (χ1n) is 11.2. The van der Waals surface area contributed by atoms with Crippen LogP contribution in [0.1, 0.15) is 12.2 Å². The van der Waals surface area contributed by atoms with E-state index in [0.717, 1.165) is 30.4 Å². The summed E-state index contributed by atoms with van der Waals surface area (Å²) >= 11 is 0. The number of nitrogens with zero attached hydrogens (tertiary/aromatic N) is 4. The lowest BCUT2D eigenvalue weighted by atomic mass is 10.1. The van der Waals surface area contributed by atoms with Crippen LogP contribution in [0.2, 0.25) is 0 Å². The molecule has 0 aliphatic carbocycles. The number of amides is 2. The number of carbonyl (C=O) groups is 2. The SMILES string of the molecule is COc1cccc(N2CC(C(=O)NCCNc3cc(N4CCOCC4)nc(C)n3)CC2=O)c1. The van der Waals surface area contributed by atoms with E-state index in [1.807, 2.05) is 31.2 Å². The van der Waals surface area contributed by atoms with E-state index in [9.17, 15) is 9.59 Å². The van der Waals surface area contributed by atoms with Crippen LogP contribution in [0, 0.1) is 12.8 Å². The molecule has 3 heterocycles. The van der Waals surface area contributed by atoms with Crippen LogP contribution in [0.25, 0.3) is 0 Å². The first-order valence-corrected chi connectivity index (χ1v) is 11.2. The summed E-state index contributed by atoms with van der Waals surface area (Å²) in [5.41, 5.74) is 0.742. The zero-order chi connectivity index (χ0) is 23.2.